The Morgan fingerprint density at radius 2 is 1.97 bits per heavy atom. The number of nitrogens with one attached hydrogen (secondary N) is 1. The highest BCUT2D eigenvalue weighted by Crippen LogP contribution is 2.30. The van der Waals surface area contributed by atoms with Gasteiger partial charge in [0, 0.05) is 43.8 Å². The van der Waals surface area contributed by atoms with Gasteiger partial charge in [0.05, 0.1) is 5.25 Å². The molecule has 0 saturated carbocycles. The van der Waals surface area contributed by atoms with Crippen LogP contribution in [0.25, 0.3) is 5.65 Å². The number of rotatable bonds is 6. The maximum absolute atomic E-state index is 12.5. The fourth-order valence-corrected chi connectivity index (χ4v) is 5.13. The lowest BCUT2D eigenvalue weighted by Gasteiger charge is -2.19. The Kier molecular flexibility index (Phi) is 5.62. The van der Waals surface area contributed by atoms with Crippen LogP contribution in [0.4, 0.5) is 0 Å². The van der Waals surface area contributed by atoms with Crippen molar-refractivity contribution in [2.24, 2.45) is 0 Å². The van der Waals surface area contributed by atoms with E-state index in [2.05, 4.69) is 10.3 Å². The fraction of sp³-hybridized carbons (Fsp3) is 0.364. The van der Waals surface area contributed by atoms with Gasteiger partial charge in [0.25, 0.3) is 5.91 Å². The standard InChI is InChI=1S/C22H26N4O3S/c1-16(2)30(28,29)26-11-8-20(15-26)18-3-5-19(6-4-18)22(27)24-14-17-7-10-25-12-9-23-21(25)13-17/h3-7,9-10,12-13,16,20H,8,11,14-15H2,1-2H3,(H,24,27). The quantitative estimate of drug-likeness (QED) is 0.657. The molecular formula is C22H26N4O3S. The highest BCUT2D eigenvalue weighted by molar-refractivity contribution is 7.89. The lowest BCUT2D eigenvalue weighted by molar-refractivity contribution is 0.0951. The van der Waals surface area contributed by atoms with Crippen molar-refractivity contribution in [2.45, 2.75) is 38.0 Å². The van der Waals surface area contributed by atoms with Gasteiger partial charge in [-0.3, -0.25) is 4.79 Å². The molecule has 3 heterocycles. The second-order valence-corrected chi connectivity index (χ2v) is 10.5. The number of hydrogen-bond donors (Lipinski definition) is 1. The molecule has 4 rings (SSSR count). The molecule has 1 saturated heterocycles. The predicted molar refractivity (Wildman–Crippen MR) is 116 cm³/mol. The van der Waals surface area contributed by atoms with Crippen LogP contribution in [-0.4, -0.2) is 46.4 Å². The van der Waals surface area contributed by atoms with Gasteiger partial charge in [0.15, 0.2) is 0 Å². The van der Waals surface area contributed by atoms with E-state index in [0.717, 1.165) is 23.2 Å². The number of sulfonamides is 1. The maximum Gasteiger partial charge on any atom is 0.251 e. The van der Waals surface area contributed by atoms with E-state index in [0.29, 0.717) is 25.2 Å². The van der Waals surface area contributed by atoms with E-state index >= 15 is 0 Å². The Labute approximate surface area is 176 Å². The minimum absolute atomic E-state index is 0.139. The van der Waals surface area contributed by atoms with E-state index in [4.69, 9.17) is 0 Å². The number of amides is 1. The van der Waals surface area contributed by atoms with Crippen LogP contribution in [0, 0.1) is 0 Å². The zero-order valence-electron chi connectivity index (χ0n) is 17.2. The molecular weight excluding hydrogens is 400 g/mol. The van der Waals surface area contributed by atoms with Crippen molar-refractivity contribution in [3.05, 3.63) is 71.7 Å². The summed E-state index contributed by atoms with van der Waals surface area (Å²) in [4.78, 5) is 16.8. The molecule has 3 aromatic rings. The Bertz CT molecular complexity index is 1150. The van der Waals surface area contributed by atoms with E-state index in [-0.39, 0.29) is 11.8 Å². The molecule has 1 aliphatic rings. The zero-order chi connectivity index (χ0) is 21.3. The first-order valence-electron chi connectivity index (χ1n) is 10.1. The minimum Gasteiger partial charge on any atom is -0.348 e. The molecule has 1 amide bonds. The summed E-state index contributed by atoms with van der Waals surface area (Å²) >= 11 is 0. The van der Waals surface area contributed by atoms with Crippen molar-refractivity contribution in [3.8, 4) is 0 Å². The lowest BCUT2D eigenvalue weighted by atomic mass is 9.97. The van der Waals surface area contributed by atoms with Crippen LogP contribution < -0.4 is 5.32 Å². The zero-order valence-corrected chi connectivity index (χ0v) is 18.0. The van der Waals surface area contributed by atoms with Gasteiger partial charge >= 0.3 is 0 Å². The van der Waals surface area contributed by atoms with Crippen LogP contribution in [0.5, 0.6) is 0 Å². The summed E-state index contributed by atoms with van der Waals surface area (Å²) in [6.45, 7) is 4.90. The van der Waals surface area contributed by atoms with Gasteiger partial charge in [-0.1, -0.05) is 12.1 Å². The summed E-state index contributed by atoms with van der Waals surface area (Å²) in [6.07, 6.45) is 6.33. The molecule has 1 unspecified atom stereocenters. The summed E-state index contributed by atoms with van der Waals surface area (Å²) < 4.78 is 28.2. The van der Waals surface area contributed by atoms with E-state index in [1.54, 1.807) is 24.3 Å². The van der Waals surface area contributed by atoms with Gasteiger partial charge in [-0.05, 0) is 61.6 Å². The van der Waals surface area contributed by atoms with E-state index in [1.165, 1.54) is 0 Å². The van der Waals surface area contributed by atoms with Crippen molar-refractivity contribution in [1.29, 1.82) is 0 Å². The van der Waals surface area contributed by atoms with Crippen LogP contribution in [0.1, 0.15) is 47.7 Å². The fourth-order valence-electron chi connectivity index (χ4n) is 3.78. The van der Waals surface area contributed by atoms with Gasteiger partial charge in [0.1, 0.15) is 5.65 Å². The number of carbonyl (C=O) groups is 1. The first kappa shape index (κ1) is 20.6. The van der Waals surface area contributed by atoms with Gasteiger partial charge in [0.2, 0.25) is 10.0 Å². The topological polar surface area (TPSA) is 83.8 Å². The maximum atomic E-state index is 12.5. The molecule has 7 nitrogen and oxygen atoms in total. The molecule has 1 aliphatic heterocycles. The largest absolute Gasteiger partial charge is 0.348 e. The van der Waals surface area contributed by atoms with Crippen molar-refractivity contribution in [3.63, 3.8) is 0 Å². The molecule has 158 valence electrons. The number of pyridine rings is 1. The molecule has 0 aliphatic carbocycles. The van der Waals surface area contributed by atoms with Gasteiger partial charge in [-0.2, -0.15) is 0 Å². The summed E-state index contributed by atoms with van der Waals surface area (Å²) in [5.74, 6) is 0.0251. The van der Waals surface area contributed by atoms with Crippen molar-refractivity contribution < 1.29 is 13.2 Å². The number of fused-ring (bicyclic) bond motifs is 1. The predicted octanol–water partition coefficient (Wildman–Crippen LogP) is 2.79. The van der Waals surface area contributed by atoms with Crippen molar-refractivity contribution in [2.75, 3.05) is 13.1 Å². The summed E-state index contributed by atoms with van der Waals surface area (Å²) in [5.41, 5.74) is 3.48. The van der Waals surface area contributed by atoms with Crippen LogP contribution in [0.15, 0.2) is 55.0 Å². The number of benzene rings is 1. The summed E-state index contributed by atoms with van der Waals surface area (Å²) in [7, 11) is -3.22. The molecule has 1 N–H and O–H groups in total. The van der Waals surface area contributed by atoms with Crippen LogP contribution >= 0.6 is 0 Å². The van der Waals surface area contributed by atoms with E-state index in [1.807, 2.05) is 53.2 Å². The minimum atomic E-state index is -3.22. The number of carbonyl (C=O) groups excluding carboxylic acids is 1. The molecule has 1 aromatic carbocycles. The van der Waals surface area contributed by atoms with Gasteiger partial charge in [-0.15, -0.1) is 0 Å². The van der Waals surface area contributed by atoms with Crippen molar-refractivity contribution >= 4 is 21.6 Å². The molecule has 1 atom stereocenters. The second-order valence-electron chi connectivity index (χ2n) is 7.97. The molecule has 0 radical (unpaired) electrons. The summed E-state index contributed by atoms with van der Waals surface area (Å²) in [5, 5.41) is 2.53. The number of imidazole rings is 1. The Morgan fingerprint density at radius 3 is 2.70 bits per heavy atom. The molecule has 30 heavy (non-hydrogen) atoms. The Morgan fingerprint density at radius 1 is 1.20 bits per heavy atom. The number of hydrogen-bond acceptors (Lipinski definition) is 4. The first-order valence-corrected chi connectivity index (χ1v) is 11.6. The average Bonchev–Trinajstić information content (AvgIpc) is 3.41. The van der Waals surface area contributed by atoms with E-state index < -0.39 is 15.3 Å². The lowest BCUT2D eigenvalue weighted by Crippen LogP contribution is -2.34. The molecule has 0 bridgehead atoms. The summed E-state index contributed by atoms with van der Waals surface area (Å²) in [6, 6.07) is 11.4. The van der Waals surface area contributed by atoms with Crippen LogP contribution in [0.3, 0.4) is 0 Å². The monoisotopic (exact) mass is 426 g/mol. The Hall–Kier alpha value is -2.71. The molecule has 1 fully saturated rings. The molecule has 8 heteroatoms. The molecule has 0 spiro atoms. The number of nitrogens with zero attached hydrogens (tertiary/aromatic N) is 3. The smallest absolute Gasteiger partial charge is 0.251 e. The third kappa shape index (κ3) is 4.11. The SMILES string of the molecule is CC(C)S(=O)(=O)N1CCC(c2ccc(C(=O)NCc3ccn4ccnc4c3)cc2)C1. The van der Waals surface area contributed by atoms with Crippen molar-refractivity contribution in [1.82, 2.24) is 19.0 Å². The first-order chi connectivity index (χ1) is 14.3. The highest BCUT2D eigenvalue weighted by Gasteiger charge is 2.33. The van der Waals surface area contributed by atoms with E-state index in [9.17, 15) is 13.2 Å². The third-order valence-electron chi connectivity index (χ3n) is 5.67. The van der Waals surface area contributed by atoms with Crippen LogP contribution in [-0.2, 0) is 16.6 Å². The highest BCUT2D eigenvalue weighted by atomic mass is 32.2. The van der Waals surface area contributed by atoms with Gasteiger partial charge < -0.3 is 9.72 Å². The Balaban J connectivity index is 1.36. The second kappa shape index (κ2) is 8.20. The third-order valence-corrected chi connectivity index (χ3v) is 7.91. The average molecular weight is 427 g/mol. The normalized spacial score (nSPS) is 17.6. The van der Waals surface area contributed by atoms with Gasteiger partial charge in [-0.25, -0.2) is 17.7 Å². The molecule has 2 aromatic heterocycles. The van der Waals surface area contributed by atoms with Crippen LogP contribution in [0.2, 0.25) is 0 Å². The number of aromatic nitrogens is 2.